The summed E-state index contributed by atoms with van der Waals surface area (Å²) in [6.45, 7) is 4.37. The van der Waals surface area contributed by atoms with Crippen LogP contribution in [0.3, 0.4) is 0 Å². The Balaban J connectivity index is 1.50. The molecule has 0 bridgehead atoms. The van der Waals surface area contributed by atoms with Gasteiger partial charge in [0.2, 0.25) is 0 Å². The molecule has 2 aliphatic rings. The third-order valence-corrected chi connectivity index (χ3v) is 4.15. The minimum Gasteiger partial charge on any atom is -0.508 e. The zero-order valence-electron chi connectivity index (χ0n) is 12.3. The molecule has 0 radical (unpaired) electrons. The molecule has 0 unspecified atom stereocenters. The summed E-state index contributed by atoms with van der Waals surface area (Å²) in [6, 6.07) is 7.14. The number of nitrogens with zero attached hydrogens (tertiary/aromatic N) is 2. The molecule has 2 N–H and O–H groups in total. The van der Waals surface area contributed by atoms with Gasteiger partial charge < -0.3 is 19.6 Å². The molecular weight excluding hydrogens is 286 g/mol. The average molecular weight is 306 g/mol. The number of piperazine rings is 1. The highest BCUT2D eigenvalue weighted by molar-refractivity contribution is 5.93. The molecule has 2 saturated heterocycles. The van der Waals surface area contributed by atoms with Crippen LogP contribution in [-0.4, -0.2) is 67.9 Å². The van der Waals surface area contributed by atoms with Crippen molar-refractivity contribution in [2.45, 2.75) is 0 Å². The van der Waals surface area contributed by atoms with E-state index in [0.29, 0.717) is 19.7 Å². The van der Waals surface area contributed by atoms with Crippen molar-refractivity contribution in [2.75, 3.05) is 50.8 Å². The molecule has 1 aromatic carbocycles. The molecule has 2 aliphatic heterocycles. The van der Waals surface area contributed by atoms with E-state index in [2.05, 4.69) is 4.90 Å². The minimum absolute atomic E-state index is 0.157. The first-order chi connectivity index (χ1) is 10.6. The Kier molecular flexibility index (Phi) is 4.15. The number of benzene rings is 1. The minimum atomic E-state index is -0.521. The van der Waals surface area contributed by atoms with Gasteiger partial charge in [-0.2, -0.15) is 0 Å². The largest absolute Gasteiger partial charge is 0.508 e. The lowest BCUT2D eigenvalue weighted by Gasteiger charge is -2.33. The van der Waals surface area contributed by atoms with Gasteiger partial charge in [-0.15, -0.1) is 0 Å². The number of phenolic OH excluding ortho intramolecular Hbond substituents is 1. The summed E-state index contributed by atoms with van der Waals surface area (Å²) in [7, 11) is 0. The summed E-state index contributed by atoms with van der Waals surface area (Å²) in [5, 5.41) is 9.32. The van der Waals surface area contributed by atoms with Crippen LogP contribution in [0.2, 0.25) is 0 Å². The number of hydrogen-bond acceptors (Lipinski definition) is 5. The van der Waals surface area contributed by atoms with E-state index in [1.54, 1.807) is 12.1 Å². The maximum atomic E-state index is 12.1. The third kappa shape index (κ3) is 3.14. The Morgan fingerprint density at radius 1 is 1.18 bits per heavy atom. The SMILES string of the molecule is O=C(C[NH+]1CCN(c2ccc(O)cc2)CC1)N1CCOC1=O. The van der Waals surface area contributed by atoms with Crippen LogP contribution < -0.4 is 9.80 Å². The number of quaternary nitrogens is 1. The predicted octanol–water partition coefficient (Wildman–Crippen LogP) is -0.924. The molecule has 118 valence electrons. The number of cyclic esters (lactones) is 1. The van der Waals surface area contributed by atoms with Crippen molar-refractivity contribution in [3.63, 3.8) is 0 Å². The van der Waals surface area contributed by atoms with E-state index in [0.717, 1.165) is 31.9 Å². The van der Waals surface area contributed by atoms with Gasteiger partial charge >= 0.3 is 6.09 Å². The van der Waals surface area contributed by atoms with Crippen LogP contribution >= 0.6 is 0 Å². The van der Waals surface area contributed by atoms with E-state index in [1.807, 2.05) is 12.1 Å². The average Bonchev–Trinajstić information content (AvgIpc) is 2.95. The Morgan fingerprint density at radius 3 is 2.45 bits per heavy atom. The fourth-order valence-corrected chi connectivity index (χ4v) is 2.85. The first-order valence-electron chi connectivity index (χ1n) is 7.48. The topological polar surface area (TPSA) is 74.5 Å². The van der Waals surface area contributed by atoms with Crippen molar-refractivity contribution >= 4 is 17.7 Å². The summed E-state index contributed by atoms with van der Waals surface area (Å²) < 4.78 is 4.79. The van der Waals surface area contributed by atoms with E-state index >= 15 is 0 Å². The number of aromatic hydroxyl groups is 1. The van der Waals surface area contributed by atoms with Gasteiger partial charge in [-0.25, -0.2) is 9.69 Å². The quantitative estimate of drug-likeness (QED) is 0.755. The molecule has 22 heavy (non-hydrogen) atoms. The number of hydrogen-bond donors (Lipinski definition) is 2. The van der Waals surface area contributed by atoms with Crippen LogP contribution in [0.5, 0.6) is 5.75 Å². The normalized spacial score (nSPS) is 19.4. The predicted molar refractivity (Wildman–Crippen MR) is 78.9 cm³/mol. The molecule has 3 rings (SSSR count). The fraction of sp³-hybridized carbons (Fsp3) is 0.467. The molecule has 0 aliphatic carbocycles. The zero-order valence-corrected chi connectivity index (χ0v) is 12.3. The highest BCUT2D eigenvalue weighted by Gasteiger charge is 2.32. The molecule has 0 aromatic heterocycles. The lowest BCUT2D eigenvalue weighted by Crippen LogP contribution is -3.15. The second-order valence-corrected chi connectivity index (χ2v) is 5.59. The number of imide groups is 1. The van der Waals surface area contributed by atoms with Gasteiger partial charge in [0.05, 0.1) is 32.7 Å². The van der Waals surface area contributed by atoms with Crippen LogP contribution in [0.15, 0.2) is 24.3 Å². The number of nitrogens with one attached hydrogen (secondary N) is 1. The van der Waals surface area contributed by atoms with Crippen LogP contribution in [0.25, 0.3) is 0 Å². The van der Waals surface area contributed by atoms with E-state index in [-0.39, 0.29) is 11.7 Å². The summed E-state index contributed by atoms with van der Waals surface area (Å²) >= 11 is 0. The van der Waals surface area contributed by atoms with Crippen LogP contribution in [0.4, 0.5) is 10.5 Å². The fourth-order valence-electron chi connectivity index (χ4n) is 2.85. The number of ether oxygens (including phenoxy) is 1. The Labute approximate surface area is 128 Å². The molecule has 7 nitrogen and oxygen atoms in total. The Bertz CT molecular complexity index is 552. The number of phenols is 1. The van der Waals surface area contributed by atoms with E-state index < -0.39 is 6.09 Å². The smallest absolute Gasteiger partial charge is 0.416 e. The summed E-state index contributed by atoms with van der Waals surface area (Å²) in [5.41, 5.74) is 1.08. The van der Waals surface area contributed by atoms with E-state index in [1.165, 1.54) is 9.80 Å². The van der Waals surface area contributed by atoms with Gasteiger partial charge in [0.25, 0.3) is 5.91 Å². The maximum Gasteiger partial charge on any atom is 0.416 e. The third-order valence-electron chi connectivity index (χ3n) is 4.15. The van der Waals surface area contributed by atoms with E-state index in [4.69, 9.17) is 4.74 Å². The number of carbonyl (C=O) groups excluding carboxylic acids is 2. The van der Waals surface area contributed by atoms with Gasteiger partial charge in [0.15, 0.2) is 6.54 Å². The van der Waals surface area contributed by atoms with Crippen molar-refractivity contribution in [3.8, 4) is 5.75 Å². The second kappa shape index (κ2) is 6.23. The van der Waals surface area contributed by atoms with Gasteiger partial charge in [-0.3, -0.25) is 4.79 Å². The highest BCUT2D eigenvalue weighted by Crippen LogP contribution is 2.18. The number of carbonyl (C=O) groups is 2. The van der Waals surface area contributed by atoms with Gasteiger partial charge in [-0.05, 0) is 24.3 Å². The van der Waals surface area contributed by atoms with Crippen LogP contribution in [0, 0.1) is 0 Å². The van der Waals surface area contributed by atoms with Gasteiger partial charge in [0, 0.05) is 5.69 Å². The van der Waals surface area contributed by atoms with Gasteiger partial charge in [0.1, 0.15) is 12.4 Å². The molecular formula is C15H20N3O4+. The van der Waals surface area contributed by atoms with Crippen molar-refractivity contribution < 1.29 is 24.3 Å². The zero-order chi connectivity index (χ0) is 15.5. The monoisotopic (exact) mass is 306 g/mol. The lowest BCUT2D eigenvalue weighted by atomic mass is 10.2. The maximum absolute atomic E-state index is 12.1. The second-order valence-electron chi connectivity index (χ2n) is 5.59. The first-order valence-corrected chi connectivity index (χ1v) is 7.48. The standard InChI is InChI=1S/C15H19N3O4/c19-13-3-1-12(2-4-13)17-7-5-16(6-8-17)11-14(20)18-9-10-22-15(18)21/h1-4,19H,5-11H2/p+1. The summed E-state index contributed by atoms with van der Waals surface area (Å²) in [4.78, 5) is 28.1. The van der Waals surface area contributed by atoms with Crippen LogP contribution in [0.1, 0.15) is 0 Å². The molecule has 0 saturated carbocycles. The van der Waals surface area contributed by atoms with Gasteiger partial charge in [-0.1, -0.05) is 0 Å². The molecule has 7 heteroatoms. The van der Waals surface area contributed by atoms with Crippen molar-refractivity contribution in [3.05, 3.63) is 24.3 Å². The first kappa shape index (κ1) is 14.6. The van der Waals surface area contributed by atoms with Crippen molar-refractivity contribution in [2.24, 2.45) is 0 Å². The summed E-state index contributed by atoms with van der Waals surface area (Å²) in [5.74, 6) is 0.103. The Morgan fingerprint density at radius 2 is 1.86 bits per heavy atom. The number of amides is 2. The highest BCUT2D eigenvalue weighted by atomic mass is 16.6. The Hall–Kier alpha value is -2.28. The summed E-state index contributed by atoms with van der Waals surface area (Å²) in [6.07, 6.45) is -0.521. The lowest BCUT2D eigenvalue weighted by molar-refractivity contribution is -0.892. The van der Waals surface area contributed by atoms with E-state index in [9.17, 15) is 14.7 Å². The van der Waals surface area contributed by atoms with Crippen LogP contribution in [-0.2, 0) is 9.53 Å². The number of anilines is 1. The molecule has 0 atom stereocenters. The van der Waals surface area contributed by atoms with Crippen molar-refractivity contribution in [1.29, 1.82) is 0 Å². The number of rotatable bonds is 3. The van der Waals surface area contributed by atoms with Crippen molar-refractivity contribution in [1.82, 2.24) is 4.90 Å². The molecule has 2 fully saturated rings. The molecule has 1 aromatic rings. The molecule has 0 spiro atoms. The molecule has 2 amide bonds. The molecule has 2 heterocycles.